The van der Waals surface area contributed by atoms with Gasteiger partial charge in [0.1, 0.15) is 11.9 Å². The lowest BCUT2D eigenvalue weighted by atomic mass is 10.0. The minimum atomic E-state index is 0.629. The predicted octanol–water partition coefficient (Wildman–Crippen LogP) is 6.14. The van der Waals surface area contributed by atoms with Crippen molar-refractivity contribution in [3.8, 4) is 6.07 Å². The molecule has 0 fully saturated rings. The van der Waals surface area contributed by atoms with Crippen LogP contribution in [0.2, 0.25) is 5.02 Å². The van der Waals surface area contributed by atoms with Crippen molar-refractivity contribution in [2.75, 3.05) is 5.32 Å². The van der Waals surface area contributed by atoms with E-state index in [0.717, 1.165) is 26.1 Å². The number of pyridine rings is 1. The van der Waals surface area contributed by atoms with Gasteiger partial charge in [-0.2, -0.15) is 5.26 Å². The fraction of sp³-hybridized carbons (Fsp3) is 0.200. The Kier molecular flexibility index (Phi) is 4.55. The summed E-state index contributed by atoms with van der Waals surface area (Å²) in [5.74, 6) is 0.712. The molecule has 0 atom stereocenters. The molecule has 2 aromatic heterocycles. The van der Waals surface area contributed by atoms with E-state index in [9.17, 15) is 5.26 Å². The minimum absolute atomic E-state index is 0.629. The van der Waals surface area contributed by atoms with Gasteiger partial charge in [-0.25, -0.2) is 4.98 Å². The molecule has 126 valence electrons. The molecule has 0 aliphatic carbocycles. The molecular weight excluding hydrogens is 350 g/mol. The maximum absolute atomic E-state index is 9.27. The van der Waals surface area contributed by atoms with Crippen LogP contribution in [0.5, 0.6) is 0 Å². The van der Waals surface area contributed by atoms with Crippen molar-refractivity contribution in [3.05, 3.63) is 62.6 Å². The summed E-state index contributed by atoms with van der Waals surface area (Å²) < 4.78 is 1.14. The molecule has 3 nitrogen and oxygen atoms in total. The van der Waals surface area contributed by atoms with Crippen molar-refractivity contribution < 1.29 is 0 Å². The fourth-order valence-electron chi connectivity index (χ4n) is 2.80. The van der Waals surface area contributed by atoms with Gasteiger partial charge in [-0.1, -0.05) is 30.3 Å². The van der Waals surface area contributed by atoms with Crippen LogP contribution in [0.1, 0.15) is 32.8 Å². The summed E-state index contributed by atoms with van der Waals surface area (Å²) in [6.07, 6.45) is 0. The molecule has 0 unspecified atom stereocenters. The van der Waals surface area contributed by atoms with E-state index >= 15 is 0 Å². The summed E-state index contributed by atoms with van der Waals surface area (Å²) in [6.45, 7) is 11.9. The van der Waals surface area contributed by atoms with Crippen LogP contribution in [0.25, 0.3) is 15.8 Å². The highest BCUT2D eigenvalue weighted by Crippen LogP contribution is 2.39. The van der Waals surface area contributed by atoms with Crippen molar-refractivity contribution in [2.24, 2.45) is 0 Å². The Labute approximate surface area is 156 Å². The van der Waals surface area contributed by atoms with Gasteiger partial charge < -0.3 is 5.32 Å². The second kappa shape index (κ2) is 6.51. The molecule has 0 spiro atoms. The Hall–Kier alpha value is -2.35. The number of benzene rings is 1. The third-order valence-corrected chi connectivity index (χ3v) is 6.09. The topological polar surface area (TPSA) is 48.7 Å². The molecule has 2 heterocycles. The van der Waals surface area contributed by atoms with E-state index in [1.54, 1.807) is 11.3 Å². The van der Waals surface area contributed by atoms with Crippen molar-refractivity contribution >= 4 is 44.5 Å². The normalized spacial score (nSPS) is 10.7. The molecule has 5 heteroatoms. The number of thiophene rings is 1. The lowest BCUT2D eigenvalue weighted by Crippen LogP contribution is -2.05. The molecule has 0 radical (unpaired) electrons. The van der Waals surface area contributed by atoms with Crippen molar-refractivity contribution in [2.45, 2.75) is 27.7 Å². The van der Waals surface area contributed by atoms with Gasteiger partial charge in [0, 0.05) is 10.1 Å². The SMILES string of the molecule is C=C(Nc1nc(C)c(C#N)c(C)c1C)c1sc2cc(C)ccc2c1Cl. The Morgan fingerprint density at radius 3 is 2.64 bits per heavy atom. The zero-order chi connectivity index (χ0) is 18.3. The molecular formula is C20H18ClN3S. The standard InChI is InChI=1S/C20H18ClN3S/c1-10-6-7-15-17(8-10)25-19(18(15)21)14(5)24-20-12(3)11(2)16(9-22)13(4)23-20/h6-8H,5H2,1-4H3,(H,23,24). The third kappa shape index (κ3) is 3.02. The van der Waals surface area contributed by atoms with E-state index in [2.05, 4.69) is 42.0 Å². The average molecular weight is 368 g/mol. The number of nitrogens with one attached hydrogen (secondary N) is 1. The summed E-state index contributed by atoms with van der Waals surface area (Å²) >= 11 is 8.18. The Morgan fingerprint density at radius 1 is 1.24 bits per heavy atom. The van der Waals surface area contributed by atoms with E-state index in [-0.39, 0.29) is 0 Å². The molecule has 0 saturated carbocycles. The van der Waals surface area contributed by atoms with Crippen LogP contribution in [0, 0.1) is 39.0 Å². The Balaban J connectivity index is 2.01. The van der Waals surface area contributed by atoms with Crippen LogP contribution in [-0.2, 0) is 0 Å². The summed E-state index contributed by atoms with van der Waals surface area (Å²) in [7, 11) is 0. The predicted molar refractivity (Wildman–Crippen MR) is 107 cm³/mol. The van der Waals surface area contributed by atoms with Crippen LogP contribution in [-0.4, -0.2) is 4.98 Å². The molecule has 0 saturated heterocycles. The molecule has 0 aliphatic heterocycles. The lowest BCUT2D eigenvalue weighted by molar-refractivity contribution is 1.12. The number of rotatable bonds is 3. The summed E-state index contributed by atoms with van der Waals surface area (Å²) in [4.78, 5) is 5.44. The van der Waals surface area contributed by atoms with E-state index in [0.29, 0.717) is 27.8 Å². The maximum Gasteiger partial charge on any atom is 0.133 e. The first kappa shape index (κ1) is 17.5. The van der Waals surface area contributed by atoms with Crippen molar-refractivity contribution in [1.29, 1.82) is 5.26 Å². The number of hydrogen-bond donors (Lipinski definition) is 1. The fourth-order valence-corrected chi connectivity index (χ4v) is 4.37. The van der Waals surface area contributed by atoms with Gasteiger partial charge in [0.15, 0.2) is 0 Å². The number of halogens is 1. The van der Waals surface area contributed by atoms with Gasteiger partial charge in [0.05, 0.1) is 26.9 Å². The molecule has 25 heavy (non-hydrogen) atoms. The number of aryl methyl sites for hydroxylation is 2. The zero-order valence-corrected chi connectivity index (χ0v) is 16.2. The van der Waals surface area contributed by atoms with Crippen LogP contribution in [0.15, 0.2) is 24.8 Å². The van der Waals surface area contributed by atoms with Crippen LogP contribution in [0.3, 0.4) is 0 Å². The number of anilines is 1. The number of fused-ring (bicyclic) bond motifs is 1. The van der Waals surface area contributed by atoms with Crippen molar-refractivity contribution in [3.63, 3.8) is 0 Å². The monoisotopic (exact) mass is 367 g/mol. The van der Waals surface area contributed by atoms with Crippen molar-refractivity contribution in [1.82, 2.24) is 4.98 Å². The number of hydrogen-bond acceptors (Lipinski definition) is 4. The highest BCUT2D eigenvalue weighted by Gasteiger charge is 2.16. The molecule has 1 aromatic carbocycles. The Morgan fingerprint density at radius 2 is 1.96 bits per heavy atom. The third-order valence-electron chi connectivity index (χ3n) is 4.37. The Bertz CT molecular complexity index is 1060. The first-order valence-electron chi connectivity index (χ1n) is 7.86. The summed E-state index contributed by atoms with van der Waals surface area (Å²) in [5.41, 5.74) is 5.12. The number of aromatic nitrogens is 1. The van der Waals surface area contributed by atoms with Gasteiger partial charge in [0.25, 0.3) is 0 Å². The zero-order valence-electron chi connectivity index (χ0n) is 14.6. The first-order valence-corrected chi connectivity index (χ1v) is 9.05. The second-order valence-electron chi connectivity index (χ2n) is 6.13. The van der Waals surface area contributed by atoms with E-state index < -0.39 is 0 Å². The molecule has 0 amide bonds. The van der Waals surface area contributed by atoms with Gasteiger partial charge in [0.2, 0.25) is 0 Å². The van der Waals surface area contributed by atoms with Gasteiger partial charge >= 0.3 is 0 Å². The molecule has 1 N–H and O–H groups in total. The van der Waals surface area contributed by atoms with E-state index in [1.807, 2.05) is 26.8 Å². The molecule has 3 aromatic rings. The highest BCUT2D eigenvalue weighted by atomic mass is 35.5. The molecule has 0 bridgehead atoms. The van der Waals surface area contributed by atoms with Crippen LogP contribution in [0.4, 0.5) is 5.82 Å². The summed E-state index contributed by atoms with van der Waals surface area (Å²) in [6, 6.07) is 8.44. The smallest absolute Gasteiger partial charge is 0.133 e. The van der Waals surface area contributed by atoms with Gasteiger partial charge in [-0.3, -0.25) is 0 Å². The largest absolute Gasteiger partial charge is 0.339 e. The number of nitriles is 1. The van der Waals surface area contributed by atoms with Crippen LogP contribution < -0.4 is 5.32 Å². The average Bonchev–Trinajstić information content (AvgIpc) is 2.89. The number of nitrogens with zero attached hydrogens (tertiary/aromatic N) is 2. The minimum Gasteiger partial charge on any atom is -0.339 e. The van der Waals surface area contributed by atoms with Gasteiger partial charge in [-0.05, 0) is 50.5 Å². The second-order valence-corrected chi connectivity index (χ2v) is 7.56. The van der Waals surface area contributed by atoms with Crippen LogP contribution >= 0.6 is 22.9 Å². The molecule has 3 rings (SSSR count). The lowest BCUT2D eigenvalue weighted by Gasteiger charge is -2.14. The highest BCUT2D eigenvalue weighted by molar-refractivity contribution is 7.20. The van der Waals surface area contributed by atoms with E-state index in [4.69, 9.17) is 11.6 Å². The first-order chi connectivity index (χ1) is 11.8. The quantitative estimate of drug-likeness (QED) is 0.605. The van der Waals surface area contributed by atoms with Gasteiger partial charge in [-0.15, -0.1) is 11.3 Å². The molecule has 0 aliphatic rings. The summed E-state index contributed by atoms with van der Waals surface area (Å²) in [5, 5.41) is 14.3. The van der Waals surface area contributed by atoms with E-state index in [1.165, 1.54) is 5.56 Å². The maximum atomic E-state index is 9.27.